The molecule has 0 aromatic carbocycles. The highest BCUT2D eigenvalue weighted by molar-refractivity contribution is 5.75. The zero-order valence-electron chi connectivity index (χ0n) is 6.13. The molecular weight excluding hydrogens is 147 g/mol. The standard InChI is InChI=1S/C6H14O3.Al.3H/c1-4-8-6(3)9-5(2)7;;;;/h5-7H,4H2,1-3H3;;;;. The molecule has 0 fully saturated rings. The summed E-state index contributed by atoms with van der Waals surface area (Å²) in [7, 11) is 0. The predicted octanol–water partition coefficient (Wildman–Crippen LogP) is -0.460. The Morgan fingerprint density at radius 1 is 1.40 bits per heavy atom. The highest BCUT2D eigenvalue weighted by atomic mass is 27.0. The molecule has 2 unspecified atom stereocenters. The van der Waals surface area contributed by atoms with Crippen LogP contribution in [0.4, 0.5) is 0 Å². The van der Waals surface area contributed by atoms with Crippen LogP contribution in [0, 0.1) is 0 Å². The van der Waals surface area contributed by atoms with E-state index in [1.165, 1.54) is 0 Å². The first-order valence-electron chi connectivity index (χ1n) is 3.12. The first-order valence-corrected chi connectivity index (χ1v) is 3.12. The van der Waals surface area contributed by atoms with Crippen molar-refractivity contribution >= 4 is 17.4 Å². The van der Waals surface area contributed by atoms with Gasteiger partial charge in [0.25, 0.3) is 0 Å². The molecule has 0 saturated carbocycles. The van der Waals surface area contributed by atoms with Crippen molar-refractivity contribution in [2.24, 2.45) is 0 Å². The second-order valence-electron chi connectivity index (χ2n) is 1.76. The maximum absolute atomic E-state index is 8.65. The fraction of sp³-hybridized carbons (Fsp3) is 1.00. The third-order valence-corrected chi connectivity index (χ3v) is 0.790. The number of aliphatic hydroxyl groups is 1. The van der Waals surface area contributed by atoms with Crippen LogP contribution in [0.1, 0.15) is 20.8 Å². The van der Waals surface area contributed by atoms with Gasteiger partial charge in [-0.3, -0.25) is 0 Å². The second kappa shape index (κ2) is 7.52. The van der Waals surface area contributed by atoms with Crippen LogP contribution in [-0.2, 0) is 9.47 Å². The van der Waals surface area contributed by atoms with E-state index in [1.54, 1.807) is 13.8 Å². The van der Waals surface area contributed by atoms with Gasteiger partial charge in [-0.1, -0.05) is 0 Å². The number of aliphatic hydroxyl groups excluding tert-OH is 1. The molecule has 0 spiro atoms. The molecule has 0 aliphatic heterocycles. The summed E-state index contributed by atoms with van der Waals surface area (Å²) in [5.74, 6) is 0. The van der Waals surface area contributed by atoms with Crippen molar-refractivity contribution in [3.8, 4) is 0 Å². The SMILES string of the molecule is CCOC(C)OC(C)O.[AlH3]. The van der Waals surface area contributed by atoms with Crippen LogP contribution in [0.3, 0.4) is 0 Å². The number of hydrogen-bond donors (Lipinski definition) is 1. The van der Waals surface area contributed by atoms with E-state index in [2.05, 4.69) is 0 Å². The lowest BCUT2D eigenvalue weighted by Crippen LogP contribution is -2.19. The Bertz CT molecular complexity index is 68.0. The van der Waals surface area contributed by atoms with Gasteiger partial charge < -0.3 is 14.6 Å². The van der Waals surface area contributed by atoms with E-state index >= 15 is 0 Å². The van der Waals surface area contributed by atoms with Gasteiger partial charge in [0.05, 0.1) is 0 Å². The second-order valence-corrected chi connectivity index (χ2v) is 1.76. The number of ether oxygens (including phenoxy) is 2. The molecule has 62 valence electrons. The van der Waals surface area contributed by atoms with Gasteiger partial charge in [-0.15, -0.1) is 0 Å². The van der Waals surface area contributed by atoms with Gasteiger partial charge in [0.1, 0.15) is 0 Å². The van der Waals surface area contributed by atoms with Crippen LogP contribution >= 0.6 is 0 Å². The normalized spacial score (nSPS) is 15.6. The van der Waals surface area contributed by atoms with E-state index < -0.39 is 6.29 Å². The fourth-order valence-corrected chi connectivity index (χ4v) is 0.551. The zero-order valence-corrected chi connectivity index (χ0v) is 6.13. The highest BCUT2D eigenvalue weighted by Gasteiger charge is 2.02. The summed E-state index contributed by atoms with van der Waals surface area (Å²) in [5.41, 5.74) is 0. The van der Waals surface area contributed by atoms with Crippen molar-refractivity contribution in [2.75, 3.05) is 6.61 Å². The maximum atomic E-state index is 8.65. The zero-order chi connectivity index (χ0) is 7.28. The highest BCUT2D eigenvalue weighted by Crippen LogP contribution is 1.95. The molecule has 4 heteroatoms. The van der Waals surface area contributed by atoms with Gasteiger partial charge in [0, 0.05) is 6.61 Å². The summed E-state index contributed by atoms with van der Waals surface area (Å²) in [6.45, 7) is 5.78. The van der Waals surface area contributed by atoms with Crippen molar-refractivity contribution < 1.29 is 14.6 Å². The van der Waals surface area contributed by atoms with Crippen molar-refractivity contribution in [1.82, 2.24) is 0 Å². The predicted molar refractivity (Wildman–Crippen MR) is 43.8 cm³/mol. The summed E-state index contributed by atoms with van der Waals surface area (Å²) >= 11 is 0. The lowest BCUT2D eigenvalue weighted by Gasteiger charge is -2.13. The molecule has 1 N–H and O–H groups in total. The Hall–Kier alpha value is 0.412. The fourth-order valence-electron chi connectivity index (χ4n) is 0.551. The Morgan fingerprint density at radius 3 is 2.20 bits per heavy atom. The lowest BCUT2D eigenvalue weighted by molar-refractivity contribution is -0.211. The van der Waals surface area contributed by atoms with Crippen LogP contribution in [0.15, 0.2) is 0 Å². The van der Waals surface area contributed by atoms with Crippen molar-refractivity contribution in [3.63, 3.8) is 0 Å². The molecule has 0 aromatic heterocycles. The molecule has 0 aliphatic rings. The van der Waals surface area contributed by atoms with Crippen molar-refractivity contribution in [1.29, 1.82) is 0 Å². The Balaban J connectivity index is 0. The van der Waals surface area contributed by atoms with E-state index in [1.807, 2.05) is 6.92 Å². The van der Waals surface area contributed by atoms with E-state index in [0.29, 0.717) is 6.61 Å². The average molecular weight is 164 g/mol. The van der Waals surface area contributed by atoms with Crippen LogP contribution < -0.4 is 0 Å². The molecule has 0 aromatic rings. The van der Waals surface area contributed by atoms with Gasteiger partial charge in [0.2, 0.25) is 0 Å². The smallest absolute Gasteiger partial charge is 0.187 e. The third kappa shape index (κ3) is 8.41. The topological polar surface area (TPSA) is 38.7 Å². The van der Waals surface area contributed by atoms with Crippen LogP contribution in [0.25, 0.3) is 0 Å². The average Bonchev–Trinajstić information content (AvgIpc) is 1.63. The molecule has 0 rings (SSSR count). The van der Waals surface area contributed by atoms with E-state index in [4.69, 9.17) is 14.6 Å². The molecule has 0 bridgehead atoms. The van der Waals surface area contributed by atoms with E-state index in [0.717, 1.165) is 0 Å². The lowest BCUT2D eigenvalue weighted by atomic mass is 10.7. The monoisotopic (exact) mass is 164 g/mol. The molecular formula is C6H17AlO3. The van der Waals surface area contributed by atoms with Gasteiger partial charge >= 0.3 is 0 Å². The van der Waals surface area contributed by atoms with Crippen molar-refractivity contribution in [2.45, 2.75) is 33.4 Å². The van der Waals surface area contributed by atoms with E-state index in [-0.39, 0.29) is 23.7 Å². The minimum Gasteiger partial charge on any atom is -0.368 e. The van der Waals surface area contributed by atoms with Gasteiger partial charge in [0.15, 0.2) is 29.9 Å². The number of rotatable bonds is 4. The Labute approximate surface area is 72.5 Å². The molecule has 3 nitrogen and oxygen atoms in total. The first kappa shape index (κ1) is 13.0. The molecule has 0 aliphatic carbocycles. The van der Waals surface area contributed by atoms with E-state index in [9.17, 15) is 0 Å². The van der Waals surface area contributed by atoms with Crippen LogP contribution in [0.5, 0.6) is 0 Å². The van der Waals surface area contributed by atoms with Gasteiger partial charge in [-0.25, -0.2) is 0 Å². The first-order chi connectivity index (χ1) is 4.16. The maximum Gasteiger partial charge on any atom is 0.187 e. The largest absolute Gasteiger partial charge is 0.368 e. The summed E-state index contributed by atoms with van der Waals surface area (Å²) in [6.07, 6.45) is -1.05. The van der Waals surface area contributed by atoms with Crippen LogP contribution in [0.2, 0.25) is 0 Å². The Kier molecular flexibility index (Phi) is 9.80. The number of hydrogen-bond acceptors (Lipinski definition) is 3. The Morgan fingerprint density at radius 2 is 1.90 bits per heavy atom. The minimum absolute atomic E-state index is 0. The molecule has 0 radical (unpaired) electrons. The summed E-state index contributed by atoms with van der Waals surface area (Å²) < 4.78 is 9.79. The summed E-state index contributed by atoms with van der Waals surface area (Å²) in [6, 6.07) is 0. The molecule has 2 atom stereocenters. The quantitative estimate of drug-likeness (QED) is 0.451. The summed E-state index contributed by atoms with van der Waals surface area (Å²) in [5, 5.41) is 8.65. The summed E-state index contributed by atoms with van der Waals surface area (Å²) in [4.78, 5) is 0. The van der Waals surface area contributed by atoms with Crippen molar-refractivity contribution in [3.05, 3.63) is 0 Å². The molecule has 0 saturated heterocycles. The molecule has 0 amide bonds. The molecule has 0 heterocycles. The third-order valence-electron chi connectivity index (χ3n) is 0.790. The van der Waals surface area contributed by atoms with Gasteiger partial charge in [-0.2, -0.15) is 0 Å². The van der Waals surface area contributed by atoms with Crippen LogP contribution in [-0.4, -0.2) is 41.7 Å². The molecule has 10 heavy (non-hydrogen) atoms. The van der Waals surface area contributed by atoms with Gasteiger partial charge in [-0.05, 0) is 20.8 Å². The minimum atomic E-state index is -0.744.